The molecule has 0 aliphatic rings. The molecule has 1 aromatic heterocycles. The number of alkyl halides is 1. The molecule has 0 bridgehead atoms. The molecule has 1 atom stereocenters. The second-order valence-electron chi connectivity index (χ2n) is 4.50. The fraction of sp³-hybridized carbons (Fsp3) is 0.462. The minimum Gasteiger partial charge on any atom is -0.328 e. The van der Waals surface area contributed by atoms with Gasteiger partial charge in [-0.2, -0.15) is 0 Å². The maximum atomic E-state index is 13.5. The fourth-order valence-electron chi connectivity index (χ4n) is 2.12. The van der Waals surface area contributed by atoms with Gasteiger partial charge in [0.1, 0.15) is 11.6 Å². The summed E-state index contributed by atoms with van der Waals surface area (Å²) < 4.78 is 26.6. The van der Waals surface area contributed by atoms with Crippen LogP contribution in [-0.4, -0.2) is 31.6 Å². The number of halogens is 3. The minimum atomic E-state index is -0.825. The molecule has 2 aromatic rings. The lowest BCUT2D eigenvalue weighted by atomic mass is 10.3. The topological polar surface area (TPSA) is 34.9 Å². The zero-order chi connectivity index (χ0) is 14.7. The first-order valence-electron chi connectivity index (χ1n) is 6.23. The van der Waals surface area contributed by atoms with Gasteiger partial charge in [0.2, 0.25) is 0 Å². The van der Waals surface area contributed by atoms with Gasteiger partial charge in [-0.25, -0.2) is 9.37 Å². The summed E-state index contributed by atoms with van der Waals surface area (Å²) in [7, 11) is -0.825. The van der Waals surface area contributed by atoms with Crippen molar-refractivity contribution < 1.29 is 8.60 Å². The minimum absolute atomic E-state index is 0.0788. The van der Waals surface area contributed by atoms with Crippen LogP contribution < -0.4 is 0 Å². The number of aromatic nitrogens is 2. The average Bonchev–Trinajstić information content (AvgIpc) is 2.68. The summed E-state index contributed by atoms with van der Waals surface area (Å²) in [6.45, 7) is 0.671. The van der Waals surface area contributed by atoms with Crippen molar-refractivity contribution in [1.29, 1.82) is 0 Å². The van der Waals surface area contributed by atoms with Crippen molar-refractivity contribution in [1.82, 2.24) is 9.55 Å². The van der Waals surface area contributed by atoms with Gasteiger partial charge in [-0.15, -0.1) is 11.6 Å². The number of benzene rings is 1. The predicted molar refractivity (Wildman–Crippen MR) is 82.7 cm³/mol. The molecule has 1 aromatic carbocycles. The predicted octanol–water partition coefficient (Wildman–Crippen LogP) is 3.38. The Balaban J connectivity index is 2.39. The molecule has 1 unspecified atom stereocenters. The average molecular weight is 337 g/mol. The number of aryl methyl sites for hydroxylation is 2. The van der Waals surface area contributed by atoms with Gasteiger partial charge in [-0.05, 0) is 12.5 Å². The Morgan fingerprint density at radius 2 is 2.20 bits per heavy atom. The lowest BCUT2D eigenvalue weighted by Crippen LogP contribution is -2.07. The summed E-state index contributed by atoms with van der Waals surface area (Å²) in [5.41, 5.74) is 1.36. The van der Waals surface area contributed by atoms with E-state index in [1.54, 1.807) is 12.3 Å². The molecule has 0 N–H and O–H groups in total. The number of imidazole rings is 1. The van der Waals surface area contributed by atoms with Gasteiger partial charge in [-0.1, -0.05) is 11.6 Å². The van der Waals surface area contributed by atoms with E-state index in [9.17, 15) is 8.60 Å². The van der Waals surface area contributed by atoms with Crippen LogP contribution in [0.1, 0.15) is 12.2 Å². The van der Waals surface area contributed by atoms with Gasteiger partial charge in [0.25, 0.3) is 0 Å². The molecule has 0 fully saturated rings. The van der Waals surface area contributed by atoms with Crippen molar-refractivity contribution >= 4 is 45.0 Å². The van der Waals surface area contributed by atoms with Crippen molar-refractivity contribution in [3.05, 3.63) is 28.8 Å². The van der Waals surface area contributed by atoms with Gasteiger partial charge in [0.15, 0.2) is 0 Å². The molecule has 1 heterocycles. The van der Waals surface area contributed by atoms with Crippen LogP contribution >= 0.6 is 23.2 Å². The Labute approximate surface area is 129 Å². The van der Waals surface area contributed by atoms with Crippen molar-refractivity contribution in [2.24, 2.45) is 0 Å². The Morgan fingerprint density at radius 3 is 2.85 bits per heavy atom. The highest BCUT2D eigenvalue weighted by molar-refractivity contribution is 7.84. The summed E-state index contributed by atoms with van der Waals surface area (Å²) in [6.07, 6.45) is 3.04. The number of hydrogen-bond donors (Lipinski definition) is 0. The zero-order valence-corrected chi connectivity index (χ0v) is 13.4. The van der Waals surface area contributed by atoms with E-state index in [0.29, 0.717) is 30.1 Å². The first kappa shape index (κ1) is 15.7. The first-order valence-corrected chi connectivity index (χ1v) is 8.87. The van der Waals surface area contributed by atoms with Crippen molar-refractivity contribution in [2.75, 3.05) is 17.9 Å². The van der Waals surface area contributed by atoms with E-state index in [1.807, 2.05) is 4.57 Å². The van der Waals surface area contributed by atoms with Crippen LogP contribution in [0.15, 0.2) is 12.1 Å². The SMILES string of the molecule is CS(=O)CCCn1c(CCCl)nc2cc(F)c(Cl)cc21. The third kappa shape index (κ3) is 3.51. The van der Waals surface area contributed by atoms with Gasteiger partial charge in [-0.3, -0.25) is 4.21 Å². The first-order chi connectivity index (χ1) is 9.52. The van der Waals surface area contributed by atoms with Crippen LogP contribution in [-0.2, 0) is 23.8 Å². The highest BCUT2D eigenvalue weighted by atomic mass is 35.5. The maximum absolute atomic E-state index is 13.5. The molecule has 20 heavy (non-hydrogen) atoms. The molecule has 2 rings (SSSR count). The van der Waals surface area contributed by atoms with E-state index in [4.69, 9.17) is 23.2 Å². The largest absolute Gasteiger partial charge is 0.328 e. The maximum Gasteiger partial charge on any atom is 0.144 e. The van der Waals surface area contributed by atoms with Crippen LogP contribution in [0.3, 0.4) is 0 Å². The van der Waals surface area contributed by atoms with Gasteiger partial charge < -0.3 is 4.57 Å². The molecular formula is C13H15Cl2FN2OS. The molecule has 0 radical (unpaired) electrons. The second-order valence-corrected chi connectivity index (χ2v) is 6.84. The monoisotopic (exact) mass is 336 g/mol. The molecular weight excluding hydrogens is 322 g/mol. The number of fused-ring (bicyclic) bond motifs is 1. The summed E-state index contributed by atoms with van der Waals surface area (Å²) in [5.74, 6) is 1.39. The Hall–Kier alpha value is -0.650. The lowest BCUT2D eigenvalue weighted by molar-refractivity contribution is 0.629. The number of nitrogens with zero attached hydrogens (tertiary/aromatic N) is 2. The van der Waals surface area contributed by atoms with Gasteiger partial charge in [0.05, 0.1) is 16.1 Å². The van der Waals surface area contributed by atoms with E-state index in [-0.39, 0.29) is 5.02 Å². The van der Waals surface area contributed by atoms with Gasteiger partial charge >= 0.3 is 0 Å². The Morgan fingerprint density at radius 1 is 1.45 bits per heavy atom. The highest BCUT2D eigenvalue weighted by Crippen LogP contribution is 2.24. The quantitative estimate of drug-likeness (QED) is 0.758. The molecule has 0 aliphatic carbocycles. The van der Waals surface area contributed by atoms with E-state index in [2.05, 4.69) is 4.98 Å². The van der Waals surface area contributed by atoms with Crippen molar-refractivity contribution in [3.63, 3.8) is 0 Å². The van der Waals surface area contributed by atoms with Crippen LogP contribution in [0.2, 0.25) is 5.02 Å². The highest BCUT2D eigenvalue weighted by Gasteiger charge is 2.13. The van der Waals surface area contributed by atoms with Crippen molar-refractivity contribution in [2.45, 2.75) is 19.4 Å². The smallest absolute Gasteiger partial charge is 0.144 e. The van der Waals surface area contributed by atoms with Crippen LogP contribution in [0.5, 0.6) is 0 Å². The molecule has 0 spiro atoms. The second kappa shape index (κ2) is 6.87. The third-order valence-corrected chi connectivity index (χ3v) is 4.34. The Kier molecular flexibility index (Phi) is 5.41. The molecule has 0 amide bonds. The molecule has 0 saturated heterocycles. The molecule has 0 saturated carbocycles. The molecule has 3 nitrogen and oxygen atoms in total. The number of rotatable bonds is 6. The van der Waals surface area contributed by atoms with E-state index in [0.717, 1.165) is 17.8 Å². The Bertz CT molecular complexity index is 645. The summed E-state index contributed by atoms with van der Waals surface area (Å²) in [4.78, 5) is 4.41. The molecule has 0 aliphatic heterocycles. The summed E-state index contributed by atoms with van der Waals surface area (Å²) in [6, 6.07) is 2.92. The standard InChI is InChI=1S/C13H15Cl2FN2OS/c1-20(19)6-2-5-18-12-7-9(15)10(16)8-11(12)17-13(18)3-4-14/h7-8H,2-6H2,1H3. The normalized spacial score (nSPS) is 13.0. The van der Waals surface area contributed by atoms with E-state index in [1.165, 1.54) is 6.07 Å². The summed E-state index contributed by atoms with van der Waals surface area (Å²) in [5, 5.41) is 0.0788. The molecule has 7 heteroatoms. The lowest BCUT2D eigenvalue weighted by Gasteiger charge is -2.08. The van der Waals surface area contributed by atoms with Crippen LogP contribution in [0, 0.1) is 5.82 Å². The molecule has 110 valence electrons. The third-order valence-electron chi connectivity index (χ3n) is 3.00. The summed E-state index contributed by atoms with van der Waals surface area (Å²) >= 11 is 11.6. The van der Waals surface area contributed by atoms with E-state index < -0.39 is 16.6 Å². The van der Waals surface area contributed by atoms with Crippen molar-refractivity contribution in [3.8, 4) is 0 Å². The van der Waals surface area contributed by atoms with Crippen LogP contribution in [0.4, 0.5) is 4.39 Å². The number of hydrogen-bond acceptors (Lipinski definition) is 2. The van der Waals surface area contributed by atoms with Crippen LogP contribution in [0.25, 0.3) is 11.0 Å². The van der Waals surface area contributed by atoms with Gasteiger partial charge in [0, 0.05) is 47.7 Å². The fourth-order valence-corrected chi connectivity index (χ4v) is 2.98. The zero-order valence-electron chi connectivity index (χ0n) is 11.0. The van der Waals surface area contributed by atoms with E-state index >= 15 is 0 Å².